The summed E-state index contributed by atoms with van der Waals surface area (Å²) in [6, 6.07) is 1.93. The van der Waals surface area contributed by atoms with Gasteiger partial charge in [0.15, 0.2) is 18.2 Å². The molecule has 2 heterocycles. The third-order valence-electron chi connectivity index (χ3n) is 5.23. The first-order chi connectivity index (χ1) is 13.6. The average molecular weight is 423 g/mol. The van der Waals surface area contributed by atoms with Crippen LogP contribution in [-0.4, -0.2) is 116 Å². The first-order valence-corrected chi connectivity index (χ1v) is 9.29. The predicted molar refractivity (Wildman–Crippen MR) is 91.8 cm³/mol. The van der Waals surface area contributed by atoms with Crippen molar-refractivity contribution < 1.29 is 54.7 Å². The van der Waals surface area contributed by atoms with Gasteiger partial charge in [0.05, 0.1) is 19.3 Å². The minimum Gasteiger partial charge on any atom is -0.394 e. The van der Waals surface area contributed by atoms with Crippen LogP contribution in [0.2, 0.25) is 0 Å². The van der Waals surface area contributed by atoms with E-state index >= 15 is 0 Å². The second kappa shape index (κ2) is 9.90. The molecule has 0 aromatic rings. The van der Waals surface area contributed by atoms with E-state index in [9.17, 15) is 41.0 Å². The van der Waals surface area contributed by atoms with Crippen molar-refractivity contribution in [3.05, 3.63) is 0 Å². The van der Waals surface area contributed by atoms with Crippen molar-refractivity contribution in [3.63, 3.8) is 0 Å². The Balaban J connectivity index is 2.04. The smallest absolute Gasteiger partial charge is 0.188 e. The molecule has 2 aliphatic rings. The lowest BCUT2D eigenvalue weighted by Gasteiger charge is -2.43. The highest BCUT2D eigenvalue weighted by Gasteiger charge is 2.48. The van der Waals surface area contributed by atoms with Crippen LogP contribution in [0.5, 0.6) is 0 Å². The number of ether oxygens (including phenoxy) is 4. The first kappa shape index (κ1) is 24.3. The van der Waals surface area contributed by atoms with E-state index in [1.54, 1.807) is 6.92 Å². The fraction of sp³-hybridized carbons (Fsp3) is 0.941. The zero-order valence-electron chi connectivity index (χ0n) is 16.1. The predicted octanol–water partition coefficient (Wildman–Crippen LogP) is -3.68. The van der Waals surface area contributed by atoms with Crippen LogP contribution in [0, 0.1) is 11.3 Å². The van der Waals surface area contributed by atoms with Crippen molar-refractivity contribution >= 4 is 0 Å². The third-order valence-corrected chi connectivity index (χ3v) is 5.23. The maximum atomic E-state index is 10.2. The second-order valence-corrected chi connectivity index (χ2v) is 7.36. The van der Waals surface area contributed by atoms with E-state index in [0.717, 1.165) is 0 Å². The van der Waals surface area contributed by atoms with E-state index in [0.29, 0.717) is 0 Å². The number of nitriles is 1. The van der Waals surface area contributed by atoms with E-state index in [-0.39, 0.29) is 6.42 Å². The molecule has 2 fully saturated rings. The number of aliphatic hydroxyl groups excluding tert-OH is 7. The molecule has 11 atom stereocenters. The summed E-state index contributed by atoms with van der Waals surface area (Å²) >= 11 is 0. The Labute approximate surface area is 167 Å². The van der Waals surface area contributed by atoms with Crippen molar-refractivity contribution in [2.75, 3.05) is 13.2 Å². The summed E-state index contributed by atoms with van der Waals surface area (Å²) in [6.07, 6.45) is -14.8. The van der Waals surface area contributed by atoms with Crippen LogP contribution < -0.4 is 0 Å². The summed E-state index contributed by atoms with van der Waals surface area (Å²) in [6.45, 7) is 2.05. The van der Waals surface area contributed by atoms with Crippen molar-refractivity contribution in [1.29, 1.82) is 5.26 Å². The zero-order chi connectivity index (χ0) is 21.9. The molecule has 0 amide bonds. The average Bonchev–Trinajstić information content (AvgIpc) is 2.72. The maximum Gasteiger partial charge on any atom is 0.188 e. The quantitative estimate of drug-likeness (QED) is 0.212. The molecular formula is C17H29NO11. The maximum absolute atomic E-state index is 10.2. The van der Waals surface area contributed by atoms with Gasteiger partial charge in [-0.05, 0) is 13.3 Å². The summed E-state index contributed by atoms with van der Waals surface area (Å²) in [7, 11) is 0. The van der Waals surface area contributed by atoms with Crippen molar-refractivity contribution in [2.24, 2.45) is 0 Å². The Bertz CT molecular complexity index is 572. The molecule has 0 spiro atoms. The van der Waals surface area contributed by atoms with Crippen LogP contribution in [0.15, 0.2) is 0 Å². The van der Waals surface area contributed by atoms with Crippen LogP contribution in [0.3, 0.4) is 0 Å². The molecule has 0 aromatic carbocycles. The molecule has 0 aromatic heterocycles. The first-order valence-electron chi connectivity index (χ1n) is 9.29. The molecule has 2 rings (SSSR count). The van der Waals surface area contributed by atoms with Gasteiger partial charge in [-0.3, -0.25) is 0 Å². The van der Waals surface area contributed by atoms with Gasteiger partial charge < -0.3 is 54.7 Å². The van der Waals surface area contributed by atoms with Gasteiger partial charge in [-0.15, -0.1) is 0 Å². The Morgan fingerprint density at radius 3 is 1.90 bits per heavy atom. The van der Waals surface area contributed by atoms with Gasteiger partial charge in [0.1, 0.15) is 48.8 Å². The molecule has 0 bridgehead atoms. The largest absolute Gasteiger partial charge is 0.394 e. The fourth-order valence-corrected chi connectivity index (χ4v) is 2.99. The van der Waals surface area contributed by atoms with Gasteiger partial charge in [0.2, 0.25) is 0 Å². The number of hydrogen-bond donors (Lipinski definition) is 7. The number of aliphatic hydroxyl groups is 7. The Hall–Kier alpha value is -0.950. The third kappa shape index (κ3) is 5.22. The summed E-state index contributed by atoms with van der Waals surface area (Å²) in [5.41, 5.74) is -1.31. The monoisotopic (exact) mass is 423 g/mol. The molecule has 0 saturated carbocycles. The van der Waals surface area contributed by atoms with Crippen LogP contribution in [0.4, 0.5) is 0 Å². The minimum absolute atomic E-state index is 0.265. The summed E-state index contributed by atoms with van der Waals surface area (Å²) in [5.74, 6) is 0. The van der Waals surface area contributed by atoms with E-state index in [2.05, 4.69) is 0 Å². The van der Waals surface area contributed by atoms with E-state index in [4.69, 9.17) is 18.9 Å². The normalized spacial score (nSPS) is 45.4. The number of hydrogen-bond acceptors (Lipinski definition) is 12. The molecule has 2 saturated heterocycles. The molecule has 29 heavy (non-hydrogen) atoms. The topological polar surface area (TPSA) is 202 Å². The van der Waals surface area contributed by atoms with Crippen molar-refractivity contribution in [1.82, 2.24) is 0 Å². The molecular weight excluding hydrogens is 394 g/mol. The Morgan fingerprint density at radius 1 is 0.862 bits per heavy atom. The summed E-state index contributed by atoms with van der Waals surface area (Å²) in [5, 5.41) is 78.3. The fourth-order valence-electron chi connectivity index (χ4n) is 2.99. The lowest BCUT2D eigenvalue weighted by molar-refractivity contribution is -0.339. The molecule has 7 N–H and O–H groups in total. The molecule has 2 aliphatic heterocycles. The highest BCUT2D eigenvalue weighted by Crippen LogP contribution is 2.28. The SMILES string of the molecule is CC[C@@](C)(C#N)O[C@@H]1O[C@H](CO[C@@H]2O[C@H](CO)[C@@H](O)[C@H](O)[C@H]2O)[C@@H](O)[C@H](O)[C@H]1O. The van der Waals surface area contributed by atoms with E-state index in [1.165, 1.54) is 6.92 Å². The highest BCUT2D eigenvalue weighted by atomic mass is 16.7. The lowest BCUT2D eigenvalue weighted by atomic mass is 9.98. The van der Waals surface area contributed by atoms with Crippen LogP contribution in [0.25, 0.3) is 0 Å². The number of rotatable bonds is 7. The molecule has 0 unspecified atom stereocenters. The van der Waals surface area contributed by atoms with Gasteiger partial charge in [-0.2, -0.15) is 5.26 Å². The van der Waals surface area contributed by atoms with Gasteiger partial charge in [-0.25, -0.2) is 0 Å². The highest BCUT2D eigenvalue weighted by molar-refractivity contribution is 4.99. The van der Waals surface area contributed by atoms with Crippen molar-refractivity contribution in [2.45, 2.75) is 87.3 Å². The number of nitrogens with zero attached hydrogens (tertiary/aromatic N) is 1. The summed E-state index contributed by atoms with van der Waals surface area (Å²) in [4.78, 5) is 0. The molecule has 12 nitrogen and oxygen atoms in total. The molecule has 168 valence electrons. The standard InChI is InChI=1S/C17H29NO11/c1-3-17(2,6-18)29-16-14(25)12(23)10(21)8(28-16)5-26-15-13(24)11(22)9(20)7(4-19)27-15/h7-16,19-25H,3-5H2,1-2H3/t7-,8-,9-,10-,11+,12+,13-,14-,15-,16+,17+/m1/s1. The van der Waals surface area contributed by atoms with Gasteiger partial charge in [0, 0.05) is 0 Å². The van der Waals surface area contributed by atoms with E-state index in [1.807, 2.05) is 6.07 Å². The Morgan fingerprint density at radius 2 is 1.38 bits per heavy atom. The molecule has 12 heteroatoms. The van der Waals surface area contributed by atoms with Gasteiger partial charge >= 0.3 is 0 Å². The molecule has 0 aliphatic carbocycles. The minimum atomic E-state index is -1.67. The summed E-state index contributed by atoms with van der Waals surface area (Å²) < 4.78 is 21.4. The molecule has 0 radical (unpaired) electrons. The Kier molecular flexibility index (Phi) is 8.31. The van der Waals surface area contributed by atoms with Crippen LogP contribution >= 0.6 is 0 Å². The lowest BCUT2D eigenvalue weighted by Crippen LogP contribution is -2.62. The van der Waals surface area contributed by atoms with E-state index < -0.39 is 80.2 Å². The zero-order valence-corrected chi connectivity index (χ0v) is 16.1. The second-order valence-electron chi connectivity index (χ2n) is 7.36. The van der Waals surface area contributed by atoms with Crippen LogP contribution in [0.1, 0.15) is 20.3 Å². The van der Waals surface area contributed by atoms with Gasteiger partial charge in [0.25, 0.3) is 0 Å². The van der Waals surface area contributed by atoms with Crippen molar-refractivity contribution in [3.8, 4) is 6.07 Å². The van der Waals surface area contributed by atoms with Crippen LogP contribution in [-0.2, 0) is 18.9 Å². The van der Waals surface area contributed by atoms with Gasteiger partial charge in [-0.1, -0.05) is 6.92 Å².